The monoisotopic (exact) mass is 452 g/mol. The normalized spacial score (nSPS) is 19.4. The molecule has 7 heteroatoms. The van der Waals surface area contributed by atoms with E-state index in [0.717, 1.165) is 16.9 Å². The molecule has 0 fully saturated rings. The Hall–Kier alpha value is -3.32. The Balaban J connectivity index is 1.71. The summed E-state index contributed by atoms with van der Waals surface area (Å²) in [4.78, 5) is 18.0. The van der Waals surface area contributed by atoms with Gasteiger partial charge in [-0.15, -0.1) is 6.58 Å². The number of methoxy groups -OCH3 is 1. The van der Waals surface area contributed by atoms with Gasteiger partial charge in [0.15, 0.2) is 5.54 Å². The van der Waals surface area contributed by atoms with Crippen LogP contribution in [-0.4, -0.2) is 55.4 Å². The van der Waals surface area contributed by atoms with Crippen LogP contribution in [0, 0.1) is 0 Å². The van der Waals surface area contributed by atoms with Crippen molar-refractivity contribution in [2.45, 2.75) is 37.8 Å². The van der Waals surface area contributed by atoms with Crippen LogP contribution < -0.4 is 14.8 Å². The Morgan fingerprint density at radius 2 is 2.03 bits per heavy atom. The summed E-state index contributed by atoms with van der Waals surface area (Å²) in [5, 5.41) is 11.9. The second kappa shape index (κ2) is 11.5. The van der Waals surface area contributed by atoms with E-state index in [4.69, 9.17) is 24.3 Å². The molecule has 3 rings (SSSR count). The highest BCUT2D eigenvalue weighted by atomic mass is 16.5. The minimum absolute atomic E-state index is 0.0902. The first-order chi connectivity index (χ1) is 16.0. The van der Waals surface area contributed by atoms with E-state index in [0.29, 0.717) is 44.1 Å². The van der Waals surface area contributed by atoms with Gasteiger partial charge in [-0.05, 0) is 49.2 Å². The smallest absolute Gasteiger partial charge is 0.252 e. The lowest BCUT2D eigenvalue weighted by Crippen LogP contribution is -2.51. The summed E-state index contributed by atoms with van der Waals surface area (Å²) in [5.41, 5.74) is 0.720. The minimum Gasteiger partial charge on any atom is -0.496 e. The van der Waals surface area contributed by atoms with Crippen molar-refractivity contribution in [3.05, 3.63) is 72.3 Å². The second-order valence-corrected chi connectivity index (χ2v) is 7.86. The first kappa shape index (κ1) is 24.3. The zero-order valence-electron chi connectivity index (χ0n) is 19.3. The van der Waals surface area contributed by atoms with Crippen LogP contribution in [-0.2, 0) is 16.0 Å². The Labute approximate surface area is 195 Å². The predicted octanol–water partition coefficient (Wildman–Crippen LogP) is 3.30. The molecular formula is C26H32N2O5. The molecule has 0 radical (unpaired) electrons. The van der Waals surface area contributed by atoms with E-state index in [2.05, 4.69) is 11.9 Å². The number of carbonyl (C=O) groups is 1. The van der Waals surface area contributed by atoms with Gasteiger partial charge in [0.1, 0.15) is 17.6 Å². The van der Waals surface area contributed by atoms with Gasteiger partial charge in [-0.1, -0.05) is 24.3 Å². The van der Waals surface area contributed by atoms with Gasteiger partial charge in [0, 0.05) is 31.6 Å². The second-order valence-electron chi connectivity index (χ2n) is 7.86. The van der Waals surface area contributed by atoms with Crippen LogP contribution in [0.5, 0.6) is 11.5 Å². The maximum Gasteiger partial charge on any atom is 0.252 e. The highest BCUT2D eigenvalue weighted by Gasteiger charge is 2.49. The molecule has 0 unspecified atom stereocenters. The molecule has 0 bridgehead atoms. The first-order valence-electron chi connectivity index (χ1n) is 11.2. The van der Waals surface area contributed by atoms with E-state index in [-0.39, 0.29) is 12.5 Å². The fourth-order valence-corrected chi connectivity index (χ4v) is 3.78. The van der Waals surface area contributed by atoms with Gasteiger partial charge in [0.05, 0.1) is 13.7 Å². The fraction of sp³-hybridized carbons (Fsp3) is 0.385. The zero-order valence-corrected chi connectivity index (χ0v) is 19.3. The summed E-state index contributed by atoms with van der Waals surface area (Å²) in [6, 6.07) is 15.1. The number of aliphatic hydroxyl groups excluding tert-OH is 1. The van der Waals surface area contributed by atoms with Crippen molar-refractivity contribution in [1.29, 1.82) is 0 Å². The Morgan fingerprint density at radius 1 is 1.27 bits per heavy atom. The number of nitrogens with zero attached hydrogens (tertiary/aromatic N) is 1. The third-order valence-electron chi connectivity index (χ3n) is 5.66. The van der Waals surface area contributed by atoms with E-state index < -0.39 is 11.6 Å². The number of benzene rings is 2. The van der Waals surface area contributed by atoms with Gasteiger partial charge in [-0.2, -0.15) is 0 Å². The molecule has 1 amide bonds. The maximum absolute atomic E-state index is 13.3. The molecule has 1 aliphatic rings. The number of ether oxygens (including phenoxy) is 3. The summed E-state index contributed by atoms with van der Waals surface area (Å²) in [5.74, 6) is 1.73. The van der Waals surface area contributed by atoms with E-state index in [1.807, 2.05) is 55.5 Å². The molecule has 0 saturated heterocycles. The zero-order chi connectivity index (χ0) is 23.7. The summed E-state index contributed by atoms with van der Waals surface area (Å²) < 4.78 is 17.0. The van der Waals surface area contributed by atoms with Gasteiger partial charge in [0.2, 0.25) is 5.90 Å². The third-order valence-corrected chi connectivity index (χ3v) is 5.66. The molecule has 2 aromatic carbocycles. The molecule has 0 saturated carbocycles. The molecule has 0 spiro atoms. The van der Waals surface area contributed by atoms with Crippen molar-refractivity contribution >= 4 is 11.8 Å². The topological polar surface area (TPSA) is 89.4 Å². The predicted molar refractivity (Wildman–Crippen MR) is 128 cm³/mol. The van der Waals surface area contributed by atoms with Crippen molar-refractivity contribution in [2.24, 2.45) is 4.99 Å². The Bertz CT molecular complexity index is 973. The van der Waals surface area contributed by atoms with Crippen LogP contribution in [0.2, 0.25) is 0 Å². The number of amides is 1. The molecule has 1 heterocycles. The number of nitrogens with one attached hydrogen (secondary N) is 1. The van der Waals surface area contributed by atoms with Crippen LogP contribution in [0.4, 0.5) is 0 Å². The van der Waals surface area contributed by atoms with E-state index >= 15 is 0 Å². The number of carbonyl (C=O) groups excluding carboxylic acids is 1. The maximum atomic E-state index is 13.3. The van der Waals surface area contributed by atoms with Crippen LogP contribution in [0.3, 0.4) is 0 Å². The van der Waals surface area contributed by atoms with Crippen molar-refractivity contribution in [1.82, 2.24) is 5.32 Å². The molecule has 176 valence electrons. The third kappa shape index (κ3) is 5.73. The average molecular weight is 453 g/mol. The van der Waals surface area contributed by atoms with Gasteiger partial charge < -0.3 is 24.6 Å². The summed E-state index contributed by atoms with van der Waals surface area (Å²) in [6.45, 7) is 6.67. The Morgan fingerprint density at radius 3 is 2.73 bits per heavy atom. The van der Waals surface area contributed by atoms with Crippen LogP contribution in [0.25, 0.3) is 0 Å². The molecule has 2 N–H and O–H groups in total. The minimum atomic E-state index is -1.08. The molecule has 33 heavy (non-hydrogen) atoms. The van der Waals surface area contributed by atoms with Crippen molar-refractivity contribution < 1.29 is 24.1 Å². The quantitative estimate of drug-likeness (QED) is 0.381. The highest BCUT2D eigenvalue weighted by Crippen LogP contribution is 2.32. The standard InChI is InChI=1S/C26H32N2O5/c1-4-15-26(25(30)27-16-14-20-8-5-6-9-23(20)31-3)19(2)33-24(28-26)21-10-12-22(13-11-21)32-18-7-17-29/h4-6,8-13,19,29H,1,7,14-18H2,2-3H3,(H,27,30)/t19-,26-/m1/s1. The molecule has 0 aliphatic carbocycles. The number of hydrogen-bond donors (Lipinski definition) is 2. The van der Waals surface area contributed by atoms with Gasteiger partial charge in [-0.25, -0.2) is 4.99 Å². The lowest BCUT2D eigenvalue weighted by atomic mass is 9.89. The fourth-order valence-electron chi connectivity index (χ4n) is 3.78. The largest absolute Gasteiger partial charge is 0.496 e. The van der Waals surface area contributed by atoms with Crippen molar-refractivity contribution in [2.75, 3.05) is 26.9 Å². The molecule has 0 aromatic heterocycles. The number of para-hydroxylation sites is 1. The van der Waals surface area contributed by atoms with Gasteiger partial charge in [-0.3, -0.25) is 4.79 Å². The van der Waals surface area contributed by atoms with Crippen LogP contribution >= 0.6 is 0 Å². The highest BCUT2D eigenvalue weighted by molar-refractivity contribution is 6.00. The van der Waals surface area contributed by atoms with Gasteiger partial charge >= 0.3 is 0 Å². The molecule has 2 atom stereocenters. The van der Waals surface area contributed by atoms with E-state index in [9.17, 15) is 4.79 Å². The summed E-state index contributed by atoms with van der Waals surface area (Å²) in [6.07, 6.45) is 2.83. The van der Waals surface area contributed by atoms with Crippen LogP contribution in [0.1, 0.15) is 30.9 Å². The number of hydrogen-bond acceptors (Lipinski definition) is 6. The molecule has 1 aliphatic heterocycles. The van der Waals surface area contributed by atoms with E-state index in [1.54, 1.807) is 13.2 Å². The lowest BCUT2D eigenvalue weighted by Gasteiger charge is -2.26. The van der Waals surface area contributed by atoms with Crippen LogP contribution in [0.15, 0.2) is 66.2 Å². The Kier molecular flexibility index (Phi) is 8.49. The average Bonchev–Trinajstić information content (AvgIpc) is 3.17. The molecular weight excluding hydrogens is 420 g/mol. The number of rotatable bonds is 12. The number of aliphatic imine (C=N–C) groups is 1. The summed E-state index contributed by atoms with van der Waals surface area (Å²) >= 11 is 0. The van der Waals surface area contributed by atoms with E-state index in [1.165, 1.54) is 0 Å². The van der Waals surface area contributed by atoms with Crippen molar-refractivity contribution in [3.8, 4) is 11.5 Å². The first-order valence-corrected chi connectivity index (χ1v) is 11.2. The molecule has 2 aromatic rings. The SMILES string of the molecule is C=CC[C@@]1(C(=O)NCCc2ccccc2OC)N=C(c2ccc(OCCCO)cc2)O[C@@H]1C. The molecule has 7 nitrogen and oxygen atoms in total. The van der Waals surface area contributed by atoms with Crippen molar-refractivity contribution in [3.63, 3.8) is 0 Å². The van der Waals surface area contributed by atoms with Gasteiger partial charge in [0.25, 0.3) is 5.91 Å². The lowest BCUT2D eigenvalue weighted by molar-refractivity contribution is -0.128. The summed E-state index contributed by atoms with van der Waals surface area (Å²) in [7, 11) is 1.64. The number of aliphatic hydroxyl groups is 1.